The van der Waals surface area contributed by atoms with Gasteiger partial charge in [0.05, 0.1) is 0 Å². The van der Waals surface area contributed by atoms with Crippen molar-refractivity contribution in [3.05, 3.63) is 41.6 Å². The van der Waals surface area contributed by atoms with Gasteiger partial charge in [0.25, 0.3) is 5.91 Å². The van der Waals surface area contributed by atoms with Crippen molar-refractivity contribution in [2.45, 2.75) is 51.1 Å². The molecule has 1 amide bonds. The average molecular weight is 423 g/mol. The van der Waals surface area contributed by atoms with Crippen molar-refractivity contribution < 1.29 is 22.7 Å². The number of aryl methyl sites for hydroxylation is 1. The quantitative estimate of drug-likeness (QED) is 0.654. The summed E-state index contributed by atoms with van der Waals surface area (Å²) in [6.07, 6.45) is -1.51. The predicted octanol–water partition coefficient (Wildman–Crippen LogP) is 3.88. The van der Waals surface area contributed by atoms with Gasteiger partial charge in [0.15, 0.2) is 0 Å². The summed E-state index contributed by atoms with van der Waals surface area (Å²) >= 11 is 0. The molecule has 162 valence electrons. The molecule has 1 saturated carbocycles. The van der Waals surface area contributed by atoms with Crippen LogP contribution in [0.15, 0.2) is 30.3 Å². The van der Waals surface area contributed by atoms with E-state index in [1.54, 1.807) is 7.05 Å². The fourth-order valence-electron chi connectivity index (χ4n) is 3.40. The maximum absolute atomic E-state index is 12.4. The number of aromatic nitrogens is 2. The molecule has 1 aliphatic rings. The number of carbonyl (C=O) groups excluding carboxylic acids is 1. The fraction of sp³-hybridized carbons (Fsp3) is 0.450. The van der Waals surface area contributed by atoms with Crippen LogP contribution >= 0.6 is 0 Å². The Kier molecular flexibility index (Phi) is 6.63. The Morgan fingerprint density at radius 3 is 2.30 bits per heavy atom. The van der Waals surface area contributed by atoms with Crippen molar-refractivity contribution in [2.75, 3.05) is 17.7 Å². The van der Waals surface area contributed by atoms with Crippen LogP contribution in [0.1, 0.15) is 41.7 Å². The monoisotopic (exact) mass is 423 g/mol. The summed E-state index contributed by atoms with van der Waals surface area (Å²) in [5.41, 5.74) is 1.15. The van der Waals surface area contributed by atoms with Crippen LogP contribution in [0.2, 0.25) is 0 Å². The van der Waals surface area contributed by atoms with Crippen LogP contribution in [0.3, 0.4) is 0 Å². The Bertz CT molecular complexity index is 866. The Hall–Kier alpha value is -3.04. The number of hydrogen-bond acceptors (Lipinski definition) is 6. The Balaban J connectivity index is 1.48. The van der Waals surface area contributed by atoms with Crippen LogP contribution in [0, 0.1) is 6.92 Å². The number of benzene rings is 1. The Morgan fingerprint density at radius 2 is 1.70 bits per heavy atom. The zero-order valence-electron chi connectivity index (χ0n) is 16.7. The molecule has 0 unspecified atom stereocenters. The van der Waals surface area contributed by atoms with Crippen LogP contribution in [0.5, 0.6) is 5.75 Å². The Morgan fingerprint density at radius 1 is 1.07 bits per heavy atom. The first-order valence-corrected chi connectivity index (χ1v) is 9.68. The number of carbonyl (C=O) groups is 1. The van der Waals surface area contributed by atoms with E-state index in [2.05, 4.69) is 30.7 Å². The third-order valence-corrected chi connectivity index (χ3v) is 4.86. The lowest BCUT2D eigenvalue weighted by atomic mass is 9.91. The summed E-state index contributed by atoms with van der Waals surface area (Å²) in [5, 5.41) is 9.29. The van der Waals surface area contributed by atoms with Crippen molar-refractivity contribution in [2.24, 2.45) is 0 Å². The molecule has 7 nitrogen and oxygen atoms in total. The molecule has 1 fully saturated rings. The number of anilines is 2. The molecule has 0 atom stereocenters. The molecule has 0 saturated heterocycles. The number of nitrogens with zero attached hydrogens (tertiary/aromatic N) is 2. The molecule has 3 N–H and O–H groups in total. The number of nitrogens with one attached hydrogen (secondary N) is 3. The van der Waals surface area contributed by atoms with Gasteiger partial charge in [-0.2, -0.15) is 4.98 Å². The van der Waals surface area contributed by atoms with Gasteiger partial charge in [-0.25, -0.2) is 4.98 Å². The number of hydrogen-bond donors (Lipinski definition) is 3. The Labute approximate surface area is 172 Å². The van der Waals surface area contributed by atoms with E-state index in [1.807, 2.05) is 13.0 Å². The van der Waals surface area contributed by atoms with Crippen molar-refractivity contribution in [3.63, 3.8) is 0 Å². The number of halogens is 3. The molecule has 0 bridgehead atoms. The van der Waals surface area contributed by atoms with Crippen LogP contribution < -0.4 is 20.7 Å². The number of ether oxygens (including phenoxy) is 1. The minimum atomic E-state index is -4.76. The lowest BCUT2D eigenvalue weighted by molar-refractivity contribution is -0.274. The summed E-state index contributed by atoms with van der Waals surface area (Å²) in [5.74, 6) is 0.654. The summed E-state index contributed by atoms with van der Waals surface area (Å²) in [4.78, 5) is 21.2. The highest BCUT2D eigenvalue weighted by atomic mass is 19.4. The van der Waals surface area contributed by atoms with Crippen LogP contribution in [-0.2, 0) is 0 Å². The molecule has 1 aliphatic carbocycles. The molecule has 1 aromatic carbocycles. The van der Waals surface area contributed by atoms with E-state index in [9.17, 15) is 18.0 Å². The van der Waals surface area contributed by atoms with Crippen LogP contribution in [0.4, 0.5) is 24.9 Å². The summed E-state index contributed by atoms with van der Waals surface area (Å²) in [7, 11) is 1.80. The van der Waals surface area contributed by atoms with Crippen LogP contribution in [-0.4, -0.2) is 41.4 Å². The molecule has 10 heteroatoms. The van der Waals surface area contributed by atoms with Crippen molar-refractivity contribution in [3.8, 4) is 5.75 Å². The second-order valence-corrected chi connectivity index (χ2v) is 7.21. The summed E-state index contributed by atoms with van der Waals surface area (Å²) in [6, 6.07) is 6.97. The minimum absolute atomic E-state index is 0.00736. The highest BCUT2D eigenvalue weighted by Crippen LogP contribution is 2.24. The highest BCUT2D eigenvalue weighted by molar-refractivity contribution is 5.94. The maximum Gasteiger partial charge on any atom is 0.573 e. The molecule has 30 heavy (non-hydrogen) atoms. The van der Waals surface area contributed by atoms with Gasteiger partial charge in [-0.1, -0.05) is 0 Å². The predicted molar refractivity (Wildman–Crippen MR) is 107 cm³/mol. The molecule has 0 spiro atoms. The standard InChI is InChI=1S/C20H24F3N5O2/c1-12-11-17(24-2)28-19(25-12)27-15-7-5-14(6-8-15)26-18(29)13-3-9-16(10-4-13)30-20(21,22)23/h3-4,9-11,14-15H,5-8H2,1-2H3,(H,26,29)(H2,24,25,27,28). The first-order chi connectivity index (χ1) is 14.2. The fourth-order valence-corrected chi connectivity index (χ4v) is 3.40. The van der Waals surface area contributed by atoms with Gasteiger partial charge in [0, 0.05) is 36.5 Å². The van der Waals surface area contributed by atoms with E-state index in [4.69, 9.17) is 0 Å². The molecular weight excluding hydrogens is 399 g/mol. The topological polar surface area (TPSA) is 88.2 Å². The second-order valence-electron chi connectivity index (χ2n) is 7.21. The van der Waals surface area contributed by atoms with Gasteiger partial charge in [0.1, 0.15) is 11.6 Å². The maximum atomic E-state index is 12.4. The van der Waals surface area contributed by atoms with E-state index < -0.39 is 6.36 Å². The third-order valence-electron chi connectivity index (χ3n) is 4.86. The number of rotatable bonds is 6. The van der Waals surface area contributed by atoms with Gasteiger partial charge in [-0.3, -0.25) is 4.79 Å². The first kappa shape index (κ1) is 21.7. The zero-order chi connectivity index (χ0) is 21.7. The van der Waals surface area contributed by atoms with Crippen LogP contribution in [0.25, 0.3) is 0 Å². The van der Waals surface area contributed by atoms with Gasteiger partial charge < -0.3 is 20.7 Å². The molecule has 3 rings (SSSR count). The first-order valence-electron chi connectivity index (χ1n) is 9.68. The normalized spacial score (nSPS) is 19.1. The zero-order valence-corrected chi connectivity index (χ0v) is 16.7. The molecule has 0 aliphatic heterocycles. The van der Waals surface area contributed by atoms with E-state index in [0.717, 1.165) is 49.3 Å². The third kappa shape index (κ3) is 6.23. The summed E-state index contributed by atoms with van der Waals surface area (Å²) in [6.45, 7) is 1.90. The van der Waals surface area contributed by atoms with Crippen molar-refractivity contribution in [1.29, 1.82) is 0 Å². The van der Waals surface area contributed by atoms with Gasteiger partial charge in [-0.05, 0) is 56.9 Å². The van der Waals surface area contributed by atoms with E-state index in [0.29, 0.717) is 5.95 Å². The SMILES string of the molecule is CNc1cc(C)nc(NC2CCC(NC(=O)c3ccc(OC(F)(F)F)cc3)CC2)n1. The van der Waals surface area contributed by atoms with Crippen molar-refractivity contribution in [1.82, 2.24) is 15.3 Å². The minimum Gasteiger partial charge on any atom is -0.406 e. The van der Waals surface area contributed by atoms with E-state index >= 15 is 0 Å². The van der Waals surface area contributed by atoms with Gasteiger partial charge in [0.2, 0.25) is 5.95 Å². The molecule has 1 aromatic heterocycles. The molecule has 0 radical (unpaired) electrons. The number of amides is 1. The molecule has 2 aromatic rings. The molecule has 1 heterocycles. The second kappa shape index (κ2) is 9.19. The lowest BCUT2D eigenvalue weighted by Crippen LogP contribution is -2.40. The smallest absolute Gasteiger partial charge is 0.406 e. The van der Waals surface area contributed by atoms with Gasteiger partial charge >= 0.3 is 6.36 Å². The van der Waals surface area contributed by atoms with Gasteiger partial charge in [-0.15, -0.1) is 13.2 Å². The van der Waals surface area contributed by atoms with E-state index in [1.165, 1.54) is 12.1 Å². The largest absolute Gasteiger partial charge is 0.573 e. The number of alkyl halides is 3. The van der Waals surface area contributed by atoms with Crippen molar-refractivity contribution >= 4 is 17.7 Å². The lowest BCUT2D eigenvalue weighted by Gasteiger charge is -2.29. The average Bonchev–Trinajstić information content (AvgIpc) is 2.68. The van der Waals surface area contributed by atoms with E-state index in [-0.39, 0.29) is 29.3 Å². The highest BCUT2D eigenvalue weighted by Gasteiger charge is 2.31. The molecular formula is C20H24F3N5O2. The summed E-state index contributed by atoms with van der Waals surface area (Å²) < 4.78 is 40.5.